The number of aromatic nitrogens is 1. The van der Waals surface area contributed by atoms with Gasteiger partial charge in [0.25, 0.3) is 0 Å². The van der Waals surface area contributed by atoms with Gasteiger partial charge in [0.1, 0.15) is 5.76 Å². The molecule has 1 fully saturated rings. The van der Waals surface area contributed by atoms with Crippen molar-refractivity contribution in [3.63, 3.8) is 0 Å². The summed E-state index contributed by atoms with van der Waals surface area (Å²) in [5, 5.41) is 11.0. The first-order chi connectivity index (χ1) is 13.2. The lowest BCUT2D eigenvalue weighted by molar-refractivity contribution is 0.0169. The van der Waals surface area contributed by atoms with E-state index in [2.05, 4.69) is 43.5 Å². The van der Waals surface area contributed by atoms with Crippen LogP contribution >= 0.6 is 24.0 Å². The molecule has 1 saturated carbocycles. The fraction of sp³-hybridized carbons (Fsp3) is 0.810. The van der Waals surface area contributed by atoms with Crippen LogP contribution in [0.1, 0.15) is 76.8 Å². The van der Waals surface area contributed by atoms with Crippen molar-refractivity contribution >= 4 is 29.9 Å². The molecule has 0 aromatic carbocycles. The van der Waals surface area contributed by atoms with E-state index in [0.29, 0.717) is 12.6 Å². The molecule has 0 bridgehead atoms. The number of guanidine groups is 1. The van der Waals surface area contributed by atoms with Gasteiger partial charge in [-0.1, -0.05) is 31.8 Å². The van der Waals surface area contributed by atoms with Gasteiger partial charge < -0.3 is 19.9 Å². The highest BCUT2D eigenvalue weighted by Gasteiger charge is 2.25. The zero-order valence-corrected chi connectivity index (χ0v) is 20.4. The first-order valence-electron chi connectivity index (χ1n) is 10.8. The van der Waals surface area contributed by atoms with Gasteiger partial charge >= 0.3 is 0 Å². The van der Waals surface area contributed by atoms with E-state index in [9.17, 15) is 0 Å². The summed E-state index contributed by atoms with van der Waals surface area (Å²) in [4.78, 5) is 4.77. The third-order valence-electron chi connectivity index (χ3n) is 5.37. The fourth-order valence-corrected chi connectivity index (χ4v) is 3.95. The number of aryl methyl sites for hydroxylation is 2. The Hall–Kier alpha value is -0.830. The lowest BCUT2D eigenvalue weighted by atomic mass is 9.98. The summed E-state index contributed by atoms with van der Waals surface area (Å²) < 4.78 is 11.5. The standard InChI is InChI=1S/C21H38N4O2.HI/c1-5-18-17(19(6-2)27-25-18)15-24-21(22-7-3)23-14-13-20(26-8-4)16-11-9-10-12-16;/h16,20H,5-15H2,1-4H3,(H2,22,23,24);1H. The summed E-state index contributed by atoms with van der Waals surface area (Å²) >= 11 is 0. The Morgan fingerprint density at radius 1 is 1.18 bits per heavy atom. The van der Waals surface area contributed by atoms with Gasteiger partial charge in [0, 0.05) is 31.7 Å². The first kappa shape index (κ1) is 25.2. The van der Waals surface area contributed by atoms with Crippen LogP contribution in [0.5, 0.6) is 0 Å². The minimum Gasteiger partial charge on any atom is -0.378 e. The quantitative estimate of drug-likeness (QED) is 0.264. The number of hydrogen-bond acceptors (Lipinski definition) is 4. The van der Waals surface area contributed by atoms with Crippen LogP contribution in [0.3, 0.4) is 0 Å². The SMILES string of the molecule is CCNC(=NCc1c(CC)noc1CC)NCCC(OCC)C1CCCC1.I. The lowest BCUT2D eigenvalue weighted by Gasteiger charge is -2.24. The Morgan fingerprint density at radius 2 is 1.93 bits per heavy atom. The topological polar surface area (TPSA) is 71.7 Å². The van der Waals surface area contributed by atoms with Gasteiger partial charge in [-0.25, -0.2) is 4.99 Å². The Labute approximate surface area is 187 Å². The molecule has 1 heterocycles. The van der Waals surface area contributed by atoms with E-state index in [4.69, 9.17) is 14.3 Å². The molecule has 0 radical (unpaired) electrons. The van der Waals surface area contributed by atoms with Crippen molar-refractivity contribution in [2.24, 2.45) is 10.9 Å². The second-order valence-electron chi connectivity index (χ2n) is 7.19. The van der Waals surface area contributed by atoms with Crippen LogP contribution in [0.4, 0.5) is 0 Å². The van der Waals surface area contributed by atoms with Gasteiger partial charge in [-0.05, 0) is 45.4 Å². The maximum Gasteiger partial charge on any atom is 0.191 e. The Morgan fingerprint density at radius 3 is 2.54 bits per heavy atom. The van der Waals surface area contributed by atoms with E-state index in [-0.39, 0.29) is 24.0 Å². The van der Waals surface area contributed by atoms with E-state index in [1.807, 2.05) is 0 Å². The molecule has 28 heavy (non-hydrogen) atoms. The molecule has 6 nitrogen and oxygen atoms in total. The van der Waals surface area contributed by atoms with Crippen molar-refractivity contribution in [3.8, 4) is 0 Å². The highest BCUT2D eigenvalue weighted by molar-refractivity contribution is 14.0. The molecule has 0 saturated heterocycles. The van der Waals surface area contributed by atoms with Crippen molar-refractivity contribution < 1.29 is 9.26 Å². The molecule has 0 spiro atoms. The largest absolute Gasteiger partial charge is 0.378 e. The van der Waals surface area contributed by atoms with Crippen molar-refractivity contribution in [2.75, 3.05) is 19.7 Å². The Bertz CT molecular complexity index is 549. The second kappa shape index (κ2) is 14.2. The monoisotopic (exact) mass is 506 g/mol. The molecule has 1 aromatic heterocycles. The maximum absolute atomic E-state index is 6.03. The maximum atomic E-state index is 6.03. The van der Waals surface area contributed by atoms with Crippen molar-refractivity contribution in [1.29, 1.82) is 0 Å². The van der Waals surface area contributed by atoms with Gasteiger partial charge in [0.15, 0.2) is 5.96 Å². The molecular weight excluding hydrogens is 467 g/mol. The van der Waals surface area contributed by atoms with Gasteiger partial charge in [-0.15, -0.1) is 24.0 Å². The predicted octanol–water partition coefficient (Wildman–Crippen LogP) is 4.46. The summed E-state index contributed by atoms with van der Waals surface area (Å²) in [5.41, 5.74) is 2.15. The van der Waals surface area contributed by atoms with Crippen molar-refractivity contribution in [1.82, 2.24) is 15.8 Å². The van der Waals surface area contributed by atoms with Crippen LogP contribution in [0.15, 0.2) is 9.52 Å². The number of nitrogens with zero attached hydrogens (tertiary/aromatic N) is 2. The number of hydrogen-bond donors (Lipinski definition) is 2. The Kier molecular flexibility index (Phi) is 12.8. The van der Waals surface area contributed by atoms with Crippen LogP contribution in [0.25, 0.3) is 0 Å². The van der Waals surface area contributed by atoms with E-state index < -0.39 is 0 Å². The zero-order chi connectivity index (χ0) is 19.5. The predicted molar refractivity (Wildman–Crippen MR) is 125 cm³/mol. The van der Waals surface area contributed by atoms with Gasteiger partial charge in [0.2, 0.25) is 0 Å². The van der Waals surface area contributed by atoms with E-state index in [0.717, 1.165) is 67.9 Å². The molecule has 2 rings (SSSR count). The number of nitrogens with one attached hydrogen (secondary N) is 2. The summed E-state index contributed by atoms with van der Waals surface area (Å²) in [6.07, 6.45) is 8.43. The third kappa shape index (κ3) is 7.54. The van der Waals surface area contributed by atoms with Gasteiger partial charge in [0.05, 0.1) is 18.3 Å². The second-order valence-corrected chi connectivity index (χ2v) is 7.19. The normalized spacial score (nSPS) is 16.1. The van der Waals surface area contributed by atoms with Crippen molar-refractivity contribution in [3.05, 3.63) is 17.0 Å². The molecule has 7 heteroatoms. The number of ether oxygens (including phenoxy) is 1. The lowest BCUT2D eigenvalue weighted by Crippen LogP contribution is -2.39. The molecule has 1 aliphatic carbocycles. The number of rotatable bonds is 11. The molecular formula is C21H39IN4O2. The smallest absolute Gasteiger partial charge is 0.191 e. The number of halogens is 1. The number of aliphatic imine (C=N–C) groups is 1. The van der Waals surface area contributed by atoms with Crippen LogP contribution < -0.4 is 10.6 Å². The molecule has 0 amide bonds. The summed E-state index contributed by atoms with van der Waals surface area (Å²) in [7, 11) is 0. The molecule has 162 valence electrons. The minimum atomic E-state index is 0. The molecule has 1 aromatic rings. The van der Waals surface area contributed by atoms with Crippen molar-refractivity contribution in [2.45, 2.75) is 85.3 Å². The molecule has 1 unspecified atom stereocenters. The van der Waals surface area contributed by atoms with Gasteiger partial charge in [-0.2, -0.15) is 0 Å². The molecule has 1 atom stereocenters. The van der Waals surface area contributed by atoms with E-state index in [1.54, 1.807) is 0 Å². The zero-order valence-electron chi connectivity index (χ0n) is 18.1. The summed E-state index contributed by atoms with van der Waals surface area (Å²) in [5.74, 6) is 2.52. The average molecular weight is 506 g/mol. The van der Waals surface area contributed by atoms with Crippen LogP contribution in [-0.2, 0) is 24.1 Å². The third-order valence-corrected chi connectivity index (χ3v) is 5.37. The first-order valence-corrected chi connectivity index (χ1v) is 10.8. The minimum absolute atomic E-state index is 0. The van der Waals surface area contributed by atoms with Crippen LogP contribution in [0, 0.1) is 5.92 Å². The average Bonchev–Trinajstić information content (AvgIpc) is 3.34. The van der Waals surface area contributed by atoms with E-state index in [1.165, 1.54) is 25.7 Å². The van der Waals surface area contributed by atoms with E-state index >= 15 is 0 Å². The Balaban J connectivity index is 0.00000392. The highest BCUT2D eigenvalue weighted by atomic mass is 127. The highest BCUT2D eigenvalue weighted by Crippen LogP contribution is 2.30. The molecule has 0 aliphatic heterocycles. The summed E-state index contributed by atoms with van der Waals surface area (Å²) in [6, 6.07) is 0. The fourth-order valence-electron chi connectivity index (χ4n) is 3.95. The van der Waals surface area contributed by atoms with Gasteiger partial charge in [-0.3, -0.25) is 0 Å². The summed E-state index contributed by atoms with van der Waals surface area (Å²) in [6.45, 7) is 11.5. The van der Waals surface area contributed by atoms with Crippen LogP contribution in [-0.4, -0.2) is 36.9 Å². The molecule has 2 N–H and O–H groups in total. The van der Waals surface area contributed by atoms with Crippen LogP contribution in [0.2, 0.25) is 0 Å². The molecule has 1 aliphatic rings.